The molecule has 0 saturated heterocycles. The number of hydrogen-bond donors (Lipinski definition) is 3. The van der Waals surface area contributed by atoms with Gasteiger partial charge in [-0.15, -0.1) is 12.6 Å². The lowest BCUT2D eigenvalue weighted by Crippen LogP contribution is -1.97. The molecule has 0 unspecified atom stereocenters. The Morgan fingerprint density at radius 1 is 0.938 bits per heavy atom. The average molecular weight is 230 g/mol. The summed E-state index contributed by atoms with van der Waals surface area (Å²) in [5.41, 5.74) is 16.4. The first-order chi connectivity index (χ1) is 7.61. The Balaban J connectivity index is 2.73. The molecule has 0 bridgehead atoms. The van der Waals surface area contributed by atoms with E-state index in [1.54, 1.807) is 0 Å². The summed E-state index contributed by atoms with van der Waals surface area (Å²) in [5.74, 6) is 0. The van der Waals surface area contributed by atoms with Crippen LogP contribution in [0.25, 0.3) is 11.1 Å². The van der Waals surface area contributed by atoms with Gasteiger partial charge in [0.15, 0.2) is 0 Å². The van der Waals surface area contributed by atoms with E-state index < -0.39 is 0 Å². The summed E-state index contributed by atoms with van der Waals surface area (Å²) >= 11 is 4.40. The van der Waals surface area contributed by atoms with Crippen LogP contribution in [0.2, 0.25) is 0 Å². The number of hydrogen-bond acceptors (Lipinski definition) is 3. The summed E-state index contributed by atoms with van der Waals surface area (Å²) in [6.07, 6.45) is 0. The van der Waals surface area contributed by atoms with E-state index in [9.17, 15) is 0 Å². The minimum atomic E-state index is 0.696. The third-order valence-corrected chi connectivity index (χ3v) is 3.19. The topological polar surface area (TPSA) is 52.0 Å². The fourth-order valence-electron chi connectivity index (χ4n) is 1.79. The third-order valence-electron chi connectivity index (χ3n) is 2.70. The van der Waals surface area contributed by atoms with Gasteiger partial charge in [-0.2, -0.15) is 0 Å². The van der Waals surface area contributed by atoms with Crippen LogP contribution in [0.3, 0.4) is 0 Å². The van der Waals surface area contributed by atoms with Crippen LogP contribution in [0, 0.1) is 6.92 Å². The molecule has 0 fully saturated rings. The largest absolute Gasteiger partial charge is 0.398 e. The first kappa shape index (κ1) is 10.9. The van der Waals surface area contributed by atoms with E-state index >= 15 is 0 Å². The maximum absolute atomic E-state index is 5.97. The van der Waals surface area contributed by atoms with Crippen LogP contribution < -0.4 is 11.5 Å². The van der Waals surface area contributed by atoms with Gasteiger partial charge in [0, 0.05) is 21.8 Å². The van der Waals surface area contributed by atoms with Crippen molar-refractivity contribution in [2.45, 2.75) is 11.8 Å². The number of nitrogens with two attached hydrogens (primary N) is 2. The van der Waals surface area contributed by atoms with Gasteiger partial charge in [-0.1, -0.05) is 18.2 Å². The molecule has 0 heterocycles. The van der Waals surface area contributed by atoms with Gasteiger partial charge in [0.25, 0.3) is 0 Å². The summed E-state index contributed by atoms with van der Waals surface area (Å²) in [5, 5.41) is 0. The van der Waals surface area contributed by atoms with Gasteiger partial charge in [-0.3, -0.25) is 0 Å². The summed E-state index contributed by atoms with van der Waals surface area (Å²) in [7, 11) is 0. The van der Waals surface area contributed by atoms with Gasteiger partial charge in [-0.25, -0.2) is 0 Å². The average Bonchev–Trinajstić information content (AvgIpc) is 2.24. The van der Waals surface area contributed by atoms with Crippen molar-refractivity contribution in [1.29, 1.82) is 0 Å². The van der Waals surface area contributed by atoms with Crippen molar-refractivity contribution in [3.05, 3.63) is 42.0 Å². The molecule has 0 aromatic heterocycles. The van der Waals surface area contributed by atoms with Crippen molar-refractivity contribution in [3.63, 3.8) is 0 Å². The molecule has 0 atom stereocenters. The lowest BCUT2D eigenvalue weighted by molar-refractivity contribution is 1.31. The van der Waals surface area contributed by atoms with E-state index in [2.05, 4.69) is 12.6 Å². The van der Waals surface area contributed by atoms with Gasteiger partial charge >= 0.3 is 0 Å². The zero-order valence-corrected chi connectivity index (χ0v) is 9.96. The van der Waals surface area contributed by atoms with Gasteiger partial charge in [0.2, 0.25) is 0 Å². The highest BCUT2D eigenvalue weighted by molar-refractivity contribution is 7.80. The minimum Gasteiger partial charge on any atom is -0.398 e. The van der Waals surface area contributed by atoms with E-state index in [0.717, 1.165) is 21.6 Å². The second-order valence-corrected chi connectivity index (χ2v) is 4.24. The zero-order chi connectivity index (χ0) is 11.7. The number of anilines is 2. The van der Waals surface area contributed by atoms with Gasteiger partial charge in [-0.05, 0) is 36.2 Å². The molecule has 0 radical (unpaired) electrons. The molecule has 2 nitrogen and oxygen atoms in total. The third kappa shape index (κ3) is 1.74. The maximum atomic E-state index is 5.97. The van der Waals surface area contributed by atoms with E-state index in [-0.39, 0.29) is 0 Å². The molecule has 0 aliphatic heterocycles. The normalized spacial score (nSPS) is 10.4. The molecule has 2 rings (SSSR count). The first-order valence-corrected chi connectivity index (χ1v) is 5.49. The Hall–Kier alpha value is -1.61. The summed E-state index contributed by atoms with van der Waals surface area (Å²) in [4.78, 5) is 0.945. The highest BCUT2D eigenvalue weighted by Crippen LogP contribution is 2.35. The molecule has 82 valence electrons. The predicted molar refractivity (Wildman–Crippen MR) is 72.7 cm³/mol. The van der Waals surface area contributed by atoms with Crippen molar-refractivity contribution >= 4 is 24.0 Å². The predicted octanol–water partition coefficient (Wildman–Crippen LogP) is 3.12. The van der Waals surface area contributed by atoms with Crippen molar-refractivity contribution in [3.8, 4) is 11.1 Å². The second-order valence-electron chi connectivity index (χ2n) is 3.76. The minimum absolute atomic E-state index is 0.696. The van der Waals surface area contributed by atoms with Crippen LogP contribution >= 0.6 is 12.6 Å². The fraction of sp³-hybridized carbons (Fsp3) is 0.0769. The molecule has 16 heavy (non-hydrogen) atoms. The van der Waals surface area contributed by atoms with Crippen molar-refractivity contribution in [2.24, 2.45) is 0 Å². The monoisotopic (exact) mass is 230 g/mol. The summed E-state index contributed by atoms with van der Waals surface area (Å²) in [6.45, 7) is 2.02. The number of benzene rings is 2. The lowest BCUT2D eigenvalue weighted by Gasteiger charge is -2.13. The standard InChI is InChI=1S/C13H14N2S/c1-8-9(4-2-7-12(8)16)13-10(14)5-3-6-11(13)15/h2-7,16H,14-15H2,1H3. The smallest absolute Gasteiger partial charge is 0.0414 e. The van der Waals surface area contributed by atoms with Crippen molar-refractivity contribution in [1.82, 2.24) is 0 Å². The SMILES string of the molecule is Cc1c(S)cccc1-c1c(N)cccc1N. The Morgan fingerprint density at radius 2 is 1.50 bits per heavy atom. The highest BCUT2D eigenvalue weighted by Gasteiger charge is 2.10. The lowest BCUT2D eigenvalue weighted by atomic mass is 9.97. The van der Waals surface area contributed by atoms with Crippen LogP contribution in [0.4, 0.5) is 11.4 Å². The quantitative estimate of drug-likeness (QED) is 0.521. The van der Waals surface area contributed by atoms with Crippen LogP contribution in [0.15, 0.2) is 41.3 Å². The van der Waals surface area contributed by atoms with E-state index in [1.807, 2.05) is 43.3 Å². The molecule has 0 spiro atoms. The van der Waals surface area contributed by atoms with E-state index in [0.29, 0.717) is 11.4 Å². The highest BCUT2D eigenvalue weighted by atomic mass is 32.1. The zero-order valence-electron chi connectivity index (χ0n) is 9.07. The fourth-order valence-corrected chi connectivity index (χ4v) is 2.00. The Morgan fingerprint density at radius 3 is 2.12 bits per heavy atom. The van der Waals surface area contributed by atoms with Crippen LogP contribution in [0.1, 0.15) is 5.56 Å². The molecule has 0 aliphatic carbocycles. The summed E-state index contributed by atoms with van der Waals surface area (Å²) in [6, 6.07) is 11.5. The van der Waals surface area contributed by atoms with Gasteiger partial charge < -0.3 is 11.5 Å². The molecular weight excluding hydrogens is 216 g/mol. The Bertz CT molecular complexity index is 515. The molecule has 0 amide bonds. The van der Waals surface area contributed by atoms with E-state index in [1.165, 1.54) is 0 Å². The van der Waals surface area contributed by atoms with Crippen molar-refractivity contribution in [2.75, 3.05) is 11.5 Å². The van der Waals surface area contributed by atoms with Crippen LogP contribution in [-0.4, -0.2) is 0 Å². The molecule has 3 heteroatoms. The number of rotatable bonds is 1. The molecule has 4 N–H and O–H groups in total. The van der Waals surface area contributed by atoms with Gasteiger partial charge in [0.05, 0.1) is 0 Å². The molecule has 2 aromatic carbocycles. The molecule has 0 aliphatic rings. The Labute approximate surface area is 101 Å². The Kier molecular flexibility index (Phi) is 2.79. The maximum Gasteiger partial charge on any atom is 0.0414 e. The van der Waals surface area contributed by atoms with Crippen LogP contribution in [0.5, 0.6) is 0 Å². The summed E-state index contributed by atoms with van der Waals surface area (Å²) < 4.78 is 0. The van der Waals surface area contributed by atoms with Crippen LogP contribution in [-0.2, 0) is 0 Å². The molecule has 2 aromatic rings. The number of thiol groups is 1. The van der Waals surface area contributed by atoms with Crippen molar-refractivity contribution < 1.29 is 0 Å². The van der Waals surface area contributed by atoms with E-state index in [4.69, 9.17) is 11.5 Å². The molecule has 0 saturated carbocycles. The number of nitrogen functional groups attached to an aromatic ring is 2. The first-order valence-electron chi connectivity index (χ1n) is 5.04. The van der Waals surface area contributed by atoms with Gasteiger partial charge in [0.1, 0.15) is 0 Å². The molecular formula is C13H14N2S. The second kappa shape index (κ2) is 4.10.